The molecular weight excluding hydrogens is 366 g/mol. The van der Waals surface area contributed by atoms with Crippen molar-refractivity contribution in [3.05, 3.63) is 35.4 Å². The van der Waals surface area contributed by atoms with Crippen LogP contribution in [0.3, 0.4) is 0 Å². The number of rotatable bonds is 2. The van der Waals surface area contributed by atoms with Crippen LogP contribution in [-0.4, -0.2) is 44.4 Å². The smallest absolute Gasteiger partial charge is 0.410 e. The highest BCUT2D eigenvalue weighted by Crippen LogP contribution is 2.27. The monoisotopic (exact) mass is 387 g/mol. The van der Waals surface area contributed by atoms with Gasteiger partial charge < -0.3 is 9.64 Å². The highest BCUT2D eigenvalue weighted by Gasteiger charge is 2.27. The van der Waals surface area contributed by atoms with Crippen LogP contribution in [-0.2, 0) is 4.74 Å². The Labute approximate surface area is 163 Å². The molecule has 1 saturated heterocycles. The summed E-state index contributed by atoms with van der Waals surface area (Å²) in [6.07, 6.45) is 6.69. The fraction of sp³-hybridized carbons (Fsp3) is 0.474. The average molecular weight is 388 g/mol. The van der Waals surface area contributed by atoms with E-state index in [4.69, 9.17) is 21.6 Å². The zero-order valence-electron chi connectivity index (χ0n) is 15.6. The van der Waals surface area contributed by atoms with Crippen molar-refractivity contribution in [1.29, 1.82) is 5.26 Å². The first-order valence-corrected chi connectivity index (χ1v) is 9.23. The van der Waals surface area contributed by atoms with Crippen molar-refractivity contribution in [2.75, 3.05) is 13.1 Å². The van der Waals surface area contributed by atoms with Crippen molar-refractivity contribution < 1.29 is 9.53 Å². The molecule has 0 radical (unpaired) electrons. The van der Waals surface area contributed by atoms with Crippen LogP contribution in [0.15, 0.2) is 24.7 Å². The summed E-state index contributed by atoms with van der Waals surface area (Å²) >= 11 is 5.89. The van der Waals surface area contributed by atoms with Crippen molar-refractivity contribution in [1.82, 2.24) is 19.7 Å². The van der Waals surface area contributed by atoms with Gasteiger partial charge in [-0.1, -0.05) is 11.6 Å². The second kappa shape index (κ2) is 7.57. The van der Waals surface area contributed by atoms with Gasteiger partial charge in [-0.05, 0) is 39.7 Å². The molecule has 0 unspecified atom stereocenters. The molecule has 0 bridgehead atoms. The maximum absolute atomic E-state index is 12.2. The van der Waals surface area contributed by atoms with Crippen molar-refractivity contribution >= 4 is 17.7 Å². The lowest BCUT2D eigenvalue weighted by atomic mass is 10.1. The van der Waals surface area contributed by atoms with Gasteiger partial charge in [0.25, 0.3) is 0 Å². The quantitative estimate of drug-likeness (QED) is 0.726. The summed E-state index contributed by atoms with van der Waals surface area (Å²) in [6, 6.07) is 3.96. The molecule has 1 amide bonds. The Balaban J connectivity index is 1.65. The lowest BCUT2D eigenvalue weighted by molar-refractivity contribution is 0.0185. The molecule has 0 spiro atoms. The third-order valence-electron chi connectivity index (χ3n) is 4.38. The van der Waals surface area contributed by atoms with Gasteiger partial charge in [0.1, 0.15) is 16.8 Å². The lowest BCUT2D eigenvalue weighted by Crippen LogP contribution is -2.42. The van der Waals surface area contributed by atoms with E-state index in [0.29, 0.717) is 18.7 Å². The number of likely N-dealkylation sites (tertiary alicyclic amines) is 1. The SMILES string of the molecule is CC(C)(C)OC(=O)N1CCC(n2cc(-c3cnc(Cl)c(C#N)c3)cn2)CC1. The predicted octanol–water partition coefficient (Wildman–Crippen LogP) is 4.04. The van der Waals surface area contributed by atoms with Gasteiger partial charge in [-0.15, -0.1) is 0 Å². The number of halogens is 1. The maximum atomic E-state index is 12.2. The van der Waals surface area contributed by atoms with Crippen LogP contribution in [0, 0.1) is 11.3 Å². The molecule has 3 rings (SSSR count). The van der Waals surface area contributed by atoms with Crippen molar-refractivity contribution in [2.45, 2.75) is 45.3 Å². The molecular formula is C19H22ClN5O2. The van der Waals surface area contributed by atoms with E-state index in [1.54, 1.807) is 23.4 Å². The van der Waals surface area contributed by atoms with Crippen LogP contribution >= 0.6 is 11.6 Å². The van der Waals surface area contributed by atoms with E-state index in [9.17, 15) is 4.79 Å². The lowest BCUT2D eigenvalue weighted by Gasteiger charge is -2.33. The summed E-state index contributed by atoms with van der Waals surface area (Å²) in [7, 11) is 0. The molecule has 0 saturated carbocycles. The summed E-state index contributed by atoms with van der Waals surface area (Å²) in [5.74, 6) is 0. The normalized spacial score (nSPS) is 15.4. The third kappa shape index (κ3) is 4.58. The Morgan fingerprint density at radius 2 is 2.00 bits per heavy atom. The van der Waals surface area contributed by atoms with Gasteiger partial charge >= 0.3 is 6.09 Å². The summed E-state index contributed by atoms with van der Waals surface area (Å²) in [5, 5.41) is 13.8. The standard InChI is InChI=1S/C19H22ClN5O2/c1-19(2,3)27-18(26)24-6-4-16(5-7-24)25-12-15(11-23-25)14-8-13(9-21)17(20)22-10-14/h8,10-12,16H,4-7H2,1-3H3. The van der Waals surface area contributed by atoms with E-state index in [1.165, 1.54) is 0 Å². The molecule has 1 aliphatic heterocycles. The number of nitriles is 1. The number of carbonyl (C=O) groups excluding carboxylic acids is 1. The molecule has 27 heavy (non-hydrogen) atoms. The molecule has 3 heterocycles. The maximum Gasteiger partial charge on any atom is 0.410 e. The topological polar surface area (TPSA) is 84.0 Å². The fourth-order valence-corrected chi connectivity index (χ4v) is 3.16. The van der Waals surface area contributed by atoms with E-state index in [-0.39, 0.29) is 17.3 Å². The molecule has 8 heteroatoms. The van der Waals surface area contributed by atoms with E-state index < -0.39 is 5.60 Å². The Kier molecular flexibility index (Phi) is 5.38. The number of hydrogen-bond donors (Lipinski definition) is 0. The number of aromatic nitrogens is 3. The zero-order chi connectivity index (χ0) is 19.6. The first-order chi connectivity index (χ1) is 12.8. The minimum atomic E-state index is -0.486. The van der Waals surface area contributed by atoms with Crippen LogP contribution in [0.1, 0.15) is 45.2 Å². The molecule has 7 nitrogen and oxygen atoms in total. The number of nitrogens with zero attached hydrogens (tertiary/aromatic N) is 5. The molecule has 0 aliphatic carbocycles. The molecule has 0 aromatic carbocycles. The average Bonchev–Trinajstić information content (AvgIpc) is 3.11. The molecule has 1 fully saturated rings. The van der Waals surface area contributed by atoms with Gasteiger partial charge in [-0.25, -0.2) is 9.78 Å². The van der Waals surface area contributed by atoms with Crippen LogP contribution in [0.4, 0.5) is 4.79 Å². The number of amides is 1. The Morgan fingerprint density at radius 1 is 1.30 bits per heavy atom. The number of ether oxygens (including phenoxy) is 1. The Morgan fingerprint density at radius 3 is 2.63 bits per heavy atom. The highest BCUT2D eigenvalue weighted by atomic mass is 35.5. The number of hydrogen-bond acceptors (Lipinski definition) is 5. The third-order valence-corrected chi connectivity index (χ3v) is 4.69. The molecule has 0 atom stereocenters. The van der Waals surface area contributed by atoms with Crippen LogP contribution < -0.4 is 0 Å². The number of pyridine rings is 1. The van der Waals surface area contributed by atoms with Gasteiger partial charge in [-0.3, -0.25) is 4.68 Å². The molecule has 0 N–H and O–H groups in total. The van der Waals surface area contributed by atoms with Gasteiger partial charge in [0, 0.05) is 36.6 Å². The Bertz CT molecular complexity index is 873. The molecule has 142 valence electrons. The minimum absolute atomic E-state index is 0.197. The summed E-state index contributed by atoms with van der Waals surface area (Å²) in [6.45, 7) is 6.87. The van der Waals surface area contributed by atoms with Crippen LogP contribution in [0.5, 0.6) is 0 Å². The number of piperidine rings is 1. The highest BCUT2D eigenvalue weighted by molar-refractivity contribution is 6.30. The largest absolute Gasteiger partial charge is 0.444 e. The number of carbonyl (C=O) groups is 1. The second-order valence-electron chi connectivity index (χ2n) is 7.58. The predicted molar refractivity (Wildman–Crippen MR) is 101 cm³/mol. The molecule has 1 aliphatic rings. The summed E-state index contributed by atoms with van der Waals surface area (Å²) in [5.41, 5.74) is 1.53. The van der Waals surface area contributed by atoms with E-state index in [1.807, 2.05) is 37.7 Å². The molecule has 2 aromatic heterocycles. The first-order valence-electron chi connectivity index (χ1n) is 8.85. The van der Waals surface area contributed by atoms with Crippen LogP contribution in [0.2, 0.25) is 5.15 Å². The summed E-state index contributed by atoms with van der Waals surface area (Å²) in [4.78, 5) is 18.0. The van der Waals surface area contributed by atoms with Gasteiger partial charge in [0.05, 0.1) is 17.8 Å². The fourth-order valence-electron chi connectivity index (χ4n) is 3.01. The van der Waals surface area contributed by atoms with Crippen molar-refractivity contribution in [3.63, 3.8) is 0 Å². The van der Waals surface area contributed by atoms with E-state index in [2.05, 4.69) is 10.1 Å². The minimum Gasteiger partial charge on any atom is -0.444 e. The van der Waals surface area contributed by atoms with E-state index in [0.717, 1.165) is 24.0 Å². The first kappa shape index (κ1) is 19.2. The van der Waals surface area contributed by atoms with Crippen molar-refractivity contribution in [2.24, 2.45) is 0 Å². The van der Waals surface area contributed by atoms with Gasteiger partial charge in [-0.2, -0.15) is 10.4 Å². The van der Waals surface area contributed by atoms with E-state index >= 15 is 0 Å². The van der Waals surface area contributed by atoms with Crippen LogP contribution in [0.25, 0.3) is 11.1 Å². The van der Waals surface area contributed by atoms with Gasteiger partial charge in [0.2, 0.25) is 0 Å². The summed E-state index contributed by atoms with van der Waals surface area (Å²) < 4.78 is 7.35. The van der Waals surface area contributed by atoms with Gasteiger partial charge in [0.15, 0.2) is 0 Å². The van der Waals surface area contributed by atoms with Crippen molar-refractivity contribution in [3.8, 4) is 17.2 Å². The second-order valence-corrected chi connectivity index (χ2v) is 7.94. The zero-order valence-corrected chi connectivity index (χ0v) is 16.4. The Hall–Kier alpha value is -2.59. The molecule has 2 aromatic rings.